The molecule has 120 valence electrons. The van der Waals surface area contributed by atoms with Gasteiger partial charge in [0.2, 0.25) is 0 Å². The molecule has 0 aromatic heterocycles. The SMILES string of the molecule is COc1cccc(OC)c1C(=O)OCC(=O)c1cccc(Br)c1. The maximum Gasteiger partial charge on any atom is 0.346 e. The van der Waals surface area contributed by atoms with Crippen molar-refractivity contribution in [1.29, 1.82) is 0 Å². The number of ketones is 1. The summed E-state index contributed by atoms with van der Waals surface area (Å²) >= 11 is 3.29. The van der Waals surface area contributed by atoms with Crippen LogP contribution in [0.15, 0.2) is 46.9 Å². The Labute approximate surface area is 142 Å². The largest absolute Gasteiger partial charge is 0.496 e. The van der Waals surface area contributed by atoms with E-state index >= 15 is 0 Å². The van der Waals surface area contributed by atoms with Crippen LogP contribution in [0.4, 0.5) is 0 Å². The average molecular weight is 379 g/mol. The van der Waals surface area contributed by atoms with Crippen LogP contribution in [-0.2, 0) is 4.74 Å². The van der Waals surface area contributed by atoms with E-state index in [1.165, 1.54) is 14.2 Å². The molecule has 0 aliphatic heterocycles. The molecule has 2 rings (SSSR count). The van der Waals surface area contributed by atoms with Gasteiger partial charge in [0.05, 0.1) is 14.2 Å². The Morgan fingerprint density at radius 1 is 1.00 bits per heavy atom. The second-order valence-corrected chi connectivity index (χ2v) is 5.46. The van der Waals surface area contributed by atoms with Gasteiger partial charge in [-0.05, 0) is 24.3 Å². The van der Waals surface area contributed by atoms with Crippen LogP contribution in [0, 0.1) is 0 Å². The molecule has 6 heteroatoms. The molecule has 2 aromatic rings. The van der Waals surface area contributed by atoms with Crippen LogP contribution in [0.25, 0.3) is 0 Å². The second kappa shape index (κ2) is 7.78. The van der Waals surface area contributed by atoms with Crippen molar-refractivity contribution in [2.24, 2.45) is 0 Å². The van der Waals surface area contributed by atoms with E-state index in [1.54, 1.807) is 36.4 Å². The Morgan fingerprint density at radius 3 is 2.17 bits per heavy atom. The topological polar surface area (TPSA) is 61.8 Å². The Morgan fingerprint density at radius 2 is 1.61 bits per heavy atom. The molecule has 0 aliphatic rings. The number of hydrogen-bond acceptors (Lipinski definition) is 5. The lowest BCUT2D eigenvalue weighted by Crippen LogP contribution is -2.15. The molecule has 0 radical (unpaired) electrons. The predicted octanol–water partition coefficient (Wildman–Crippen LogP) is 3.51. The van der Waals surface area contributed by atoms with E-state index in [9.17, 15) is 9.59 Å². The van der Waals surface area contributed by atoms with Crippen molar-refractivity contribution < 1.29 is 23.8 Å². The van der Waals surface area contributed by atoms with E-state index < -0.39 is 5.97 Å². The van der Waals surface area contributed by atoms with Crippen molar-refractivity contribution in [1.82, 2.24) is 0 Å². The van der Waals surface area contributed by atoms with E-state index in [-0.39, 0.29) is 18.0 Å². The van der Waals surface area contributed by atoms with Gasteiger partial charge in [0.15, 0.2) is 12.4 Å². The highest BCUT2D eigenvalue weighted by molar-refractivity contribution is 9.10. The first kappa shape index (κ1) is 17.0. The van der Waals surface area contributed by atoms with E-state index in [0.717, 1.165) is 4.47 Å². The molecular formula is C17H15BrO5. The fourth-order valence-corrected chi connectivity index (χ4v) is 2.40. The summed E-state index contributed by atoms with van der Waals surface area (Å²) in [5, 5.41) is 0. The van der Waals surface area contributed by atoms with Gasteiger partial charge in [-0.3, -0.25) is 4.79 Å². The number of rotatable bonds is 6. The molecule has 0 heterocycles. The molecule has 0 amide bonds. The third kappa shape index (κ3) is 4.10. The van der Waals surface area contributed by atoms with Gasteiger partial charge < -0.3 is 14.2 Å². The molecule has 0 saturated carbocycles. The standard InChI is InChI=1S/C17H15BrO5/c1-21-14-7-4-8-15(22-2)16(14)17(20)23-10-13(19)11-5-3-6-12(18)9-11/h3-9H,10H2,1-2H3. The Kier molecular flexibility index (Phi) is 5.76. The first-order valence-corrected chi connectivity index (χ1v) is 7.53. The molecule has 2 aromatic carbocycles. The number of esters is 1. The molecule has 0 saturated heterocycles. The summed E-state index contributed by atoms with van der Waals surface area (Å²) in [7, 11) is 2.89. The van der Waals surface area contributed by atoms with Crippen molar-refractivity contribution in [2.45, 2.75) is 0 Å². The van der Waals surface area contributed by atoms with Crippen molar-refractivity contribution in [3.8, 4) is 11.5 Å². The van der Waals surface area contributed by atoms with Gasteiger partial charge in [-0.1, -0.05) is 34.1 Å². The highest BCUT2D eigenvalue weighted by atomic mass is 79.9. The van der Waals surface area contributed by atoms with Crippen LogP contribution in [0.2, 0.25) is 0 Å². The molecule has 0 atom stereocenters. The summed E-state index contributed by atoms with van der Waals surface area (Å²) in [6.07, 6.45) is 0. The van der Waals surface area contributed by atoms with Crippen molar-refractivity contribution in [2.75, 3.05) is 20.8 Å². The van der Waals surface area contributed by atoms with Gasteiger partial charge >= 0.3 is 5.97 Å². The smallest absolute Gasteiger partial charge is 0.346 e. The molecule has 0 spiro atoms. The lowest BCUT2D eigenvalue weighted by atomic mass is 10.1. The van der Waals surface area contributed by atoms with Crippen LogP contribution < -0.4 is 9.47 Å². The second-order valence-electron chi connectivity index (χ2n) is 4.55. The number of halogens is 1. The summed E-state index contributed by atoms with van der Waals surface area (Å²) in [5.74, 6) is -0.329. The van der Waals surface area contributed by atoms with Crippen molar-refractivity contribution in [3.05, 3.63) is 58.1 Å². The third-order valence-electron chi connectivity index (χ3n) is 3.11. The molecule has 0 aliphatic carbocycles. The number of ether oxygens (including phenoxy) is 3. The van der Waals surface area contributed by atoms with Crippen LogP contribution in [0.1, 0.15) is 20.7 Å². The van der Waals surface area contributed by atoms with E-state index in [0.29, 0.717) is 17.1 Å². The summed E-state index contributed by atoms with van der Waals surface area (Å²) < 4.78 is 16.2. The first-order valence-electron chi connectivity index (χ1n) is 6.73. The Hall–Kier alpha value is -2.34. The monoisotopic (exact) mass is 378 g/mol. The molecule has 0 unspecified atom stereocenters. The molecule has 0 bridgehead atoms. The lowest BCUT2D eigenvalue weighted by Gasteiger charge is -2.12. The fourth-order valence-electron chi connectivity index (χ4n) is 2.00. The zero-order valence-corrected chi connectivity index (χ0v) is 14.3. The van der Waals surface area contributed by atoms with Gasteiger partial charge in [-0.2, -0.15) is 0 Å². The average Bonchev–Trinajstić information content (AvgIpc) is 2.58. The maximum atomic E-state index is 12.3. The minimum Gasteiger partial charge on any atom is -0.496 e. The Balaban J connectivity index is 2.12. The first-order chi connectivity index (χ1) is 11.1. The number of benzene rings is 2. The Bertz CT molecular complexity index is 704. The summed E-state index contributed by atoms with van der Waals surface area (Å²) in [6.45, 7) is -0.365. The number of Topliss-reactive ketones (excluding diaryl/α,β-unsaturated/α-hetero) is 1. The predicted molar refractivity (Wildman–Crippen MR) is 88.3 cm³/mol. The summed E-state index contributed by atoms with van der Waals surface area (Å²) in [4.78, 5) is 24.3. The number of methoxy groups -OCH3 is 2. The van der Waals surface area contributed by atoms with Crippen molar-refractivity contribution >= 4 is 27.7 Å². The molecule has 0 fully saturated rings. The third-order valence-corrected chi connectivity index (χ3v) is 3.61. The van der Waals surface area contributed by atoms with Crippen LogP contribution >= 0.6 is 15.9 Å². The molecule has 5 nitrogen and oxygen atoms in total. The van der Waals surface area contributed by atoms with E-state index in [4.69, 9.17) is 14.2 Å². The molecule has 23 heavy (non-hydrogen) atoms. The number of carbonyl (C=O) groups is 2. The zero-order chi connectivity index (χ0) is 16.8. The van der Waals surface area contributed by atoms with E-state index in [2.05, 4.69) is 15.9 Å². The normalized spacial score (nSPS) is 10.0. The summed E-state index contributed by atoms with van der Waals surface area (Å²) in [6, 6.07) is 11.8. The minimum atomic E-state index is -0.678. The lowest BCUT2D eigenvalue weighted by molar-refractivity contribution is 0.0468. The van der Waals surface area contributed by atoms with Crippen LogP contribution in [0.5, 0.6) is 11.5 Å². The number of hydrogen-bond donors (Lipinski definition) is 0. The molecule has 0 N–H and O–H groups in total. The van der Waals surface area contributed by atoms with Crippen LogP contribution in [0.3, 0.4) is 0 Å². The number of carbonyl (C=O) groups excluding carboxylic acids is 2. The van der Waals surface area contributed by atoms with Gasteiger partial charge in [0.25, 0.3) is 0 Å². The highest BCUT2D eigenvalue weighted by Crippen LogP contribution is 2.28. The van der Waals surface area contributed by atoms with Gasteiger partial charge in [0.1, 0.15) is 17.1 Å². The summed E-state index contributed by atoms with van der Waals surface area (Å²) in [5.41, 5.74) is 0.610. The van der Waals surface area contributed by atoms with Crippen LogP contribution in [-0.4, -0.2) is 32.6 Å². The minimum absolute atomic E-state index is 0.152. The van der Waals surface area contributed by atoms with Crippen molar-refractivity contribution in [3.63, 3.8) is 0 Å². The maximum absolute atomic E-state index is 12.3. The molecular weight excluding hydrogens is 364 g/mol. The highest BCUT2D eigenvalue weighted by Gasteiger charge is 2.20. The van der Waals surface area contributed by atoms with Gasteiger partial charge in [-0.25, -0.2) is 4.79 Å². The fraction of sp³-hybridized carbons (Fsp3) is 0.176. The van der Waals surface area contributed by atoms with Gasteiger partial charge in [0, 0.05) is 10.0 Å². The quantitative estimate of drug-likeness (QED) is 0.568. The van der Waals surface area contributed by atoms with Gasteiger partial charge in [-0.15, -0.1) is 0 Å². The zero-order valence-electron chi connectivity index (χ0n) is 12.7. The van der Waals surface area contributed by atoms with E-state index in [1.807, 2.05) is 6.07 Å².